The second-order valence-corrected chi connectivity index (χ2v) is 3.82. The minimum Gasteiger partial charge on any atom is -0.478 e. The number of aryl methyl sites for hydroxylation is 1. The molecule has 0 radical (unpaired) electrons. The summed E-state index contributed by atoms with van der Waals surface area (Å²) < 4.78 is 4.97. The van der Waals surface area contributed by atoms with E-state index in [4.69, 9.17) is 9.84 Å². The molecule has 0 saturated heterocycles. The molecule has 0 spiro atoms. The molecule has 1 atom stereocenters. The van der Waals surface area contributed by atoms with E-state index in [1.807, 2.05) is 6.92 Å². The number of aromatic nitrogens is 2. The fourth-order valence-corrected chi connectivity index (χ4v) is 1.33. The third-order valence-corrected chi connectivity index (χ3v) is 2.34. The van der Waals surface area contributed by atoms with Gasteiger partial charge >= 0.3 is 5.97 Å². The highest BCUT2D eigenvalue weighted by atomic mass is 16.5. The van der Waals surface area contributed by atoms with Crippen LogP contribution in [0.4, 0.5) is 5.95 Å². The fraction of sp³-hybridized carbons (Fsp3) is 0.545. The van der Waals surface area contributed by atoms with E-state index in [1.54, 1.807) is 14.0 Å². The number of carboxylic acid groups (broad SMARTS) is 1. The molecule has 1 aromatic rings. The van der Waals surface area contributed by atoms with Crippen molar-refractivity contribution in [1.29, 1.82) is 0 Å². The van der Waals surface area contributed by atoms with E-state index in [9.17, 15) is 4.79 Å². The molecule has 1 heterocycles. The van der Waals surface area contributed by atoms with Gasteiger partial charge in [0.25, 0.3) is 0 Å². The van der Waals surface area contributed by atoms with E-state index in [-0.39, 0.29) is 11.6 Å². The van der Waals surface area contributed by atoms with Crippen LogP contribution in [0.1, 0.15) is 29.4 Å². The van der Waals surface area contributed by atoms with E-state index >= 15 is 0 Å². The van der Waals surface area contributed by atoms with Crippen LogP contribution >= 0.6 is 0 Å². The zero-order valence-electron chi connectivity index (χ0n) is 10.2. The maximum Gasteiger partial charge on any atom is 0.339 e. The Morgan fingerprint density at radius 2 is 2.35 bits per heavy atom. The van der Waals surface area contributed by atoms with Crippen molar-refractivity contribution in [2.75, 3.05) is 19.0 Å². The first kappa shape index (κ1) is 13.4. The Bertz CT molecular complexity index is 396. The molecule has 0 bridgehead atoms. The molecule has 1 rings (SSSR count). The molecule has 6 heteroatoms. The number of hydrogen-bond donors (Lipinski definition) is 2. The third-order valence-electron chi connectivity index (χ3n) is 2.34. The second-order valence-electron chi connectivity index (χ2n) is 3.82. The molecule has 0 aromatic carbocycles. The molecule has 0 aliphatic carbocycles. The van der Waals surface area contributed by atoms with Gasteiger partial charge in [0, 0.05) is 26.0 Å². The van der Waals surface area contributed by atoms with Crippen molar-refractivity contribution < 1.29 is 14.6 Å². The van der Waals surface area contributed by atoms with Crippen LogP contribution in [0, 0.1) is 6.92 Å². The van der Waals surface area contributed by atoms with Gasteiger partial charge in [-0.15, -0.1) is 0 Å². The number of nitrogens with zero attached hydrogens (tertiary/aromatic N) is 2. The molecule has 0 amide bonds. The van der Waals surface area contributed by atoms with Gasteiger partial charge in [0.15, 0.2) is 0 Å². The van der Waals surface area contributed by atoms with E-state index < -0.39 is 5.97 Å². The Balaban J connectivity index is 2.67. The van der Waals surface area contributed by atoms with E-state index in [0.29, 0.717) is 18.2 Å². The number of hydrogen-bond acceptors (Lipinski definition) is 5. The maximum atomic E-state index is 10.8. The lowest BCUT2D eigenvalue weighted by Gasteiger charge is -2.13. The van der Waals surface area contributed by atoms with Crippen molar-refractivity contribution in [3.8, 4) is 0 Å². The van der Waals surface area contributed by atoms with Crippen LogP contribution < -0.4 is 5.32 Å². The molecule has 0 aliphatic heterocycles. The van der Waals surface area contributed by atoms with Crippen LogP contribution in [-0.4, -0.2) is 40.8 Å². The molecule has 0 fully saturated rings. The number of carbonyl (C=O) groups is 1. The SMILES string of the molecule is COCCC(C)Nc1ncc(C(=O)O)c(C)n1. The van der Waals surface area contributed by atoms with Crippen molar-refractivity contribution in [1.82, 2.24) is 9.97 Å². The predicted octanol–water partition coefficient (Wildman–Crippen LogP) is 1.32. The Kier molecular flexibility index (Phi) is 4.84. The topological polar surface area (TPSA) is 84.3 Å². The number of anilines is 1. The molecular formula is C11H17N3O3. The first-order chi connectivity index (χ1) is 8.04. The fourth-order valence-electron chi connectivity index (χ4n) is 1.33. The molecule has 0 aliphatic rings. The Morgan fingerprint density at radius 3 is 2.88 bits per heavy atom. The van der Waals surface area contributed by atoms with Crippen LogP contribution in [-0.2, 0) is 4.74 Å². The smallest absolute Gasteiger partial charge is 0.339 e. The molecule has 1 aromatic heterocycles. The molecular weight excluding hydrogens is 222 g/mol. The van der Waals surface area contributed by atoms with Crippen molar-refractivity contribution in [3.05, 3.63) is 17.5 Å². The monoisotopic (exact) mass is 239 g/mol. The van der Waals surface area contributed by atoms with Crippen LogP contribution in [0.2, 0.25) is 0 Å². The summed E-state index contributed by atoms with van der Waals surface area (Å²) in [5.74, 6) is -0.572. The number of aromatic carboxylic acids is 1. The minimum absolute atomic E-state index is 0.125. The number of ether oxygens (including phenoxy) is 1. The average Bonchev–Trinajstić information content (AvgIpc) is 2.26. The summed E-state index contributed by atoms with van der Waals surface area (Å²) in [7, 11) is 1.65. The standard InChI is InChI=1S/C11H17N3O3/c1-7(4-5-17-3)13-11-12-6-9(10(15)16)8(2)14-11/h6-7H,4-5H2,1-3H3,(H,15,16)(H,12,13,14). The molecule has 94 valence electrons. The highest BCUT2D eigenvalue weighted by molar-refractivity contribution is 5.88. The van der Waals surface area contributed by atoms with E-state index in [0.717, 1.165) is 6.42 Å². The lowest BCUT2D eigenvalue weighted by Crippen LogP contribution is -2.19. The van der Waals surface area contributed by atoms with Crippen molar-refractivity contribution in [2.45, 2.75) is 26.3 Å². The number of rotatable bonds is 6. The van der Waals surface area contributed by atoms with Crippen molar-refractivity contribution >= 4 is 11.9 Å². The Labute approximate surface area is 100 Å². The largest absolute Gasteiger partial charge is 0.478 e. The van der Waals surface area contributed by atoms with Gasteiger partial charge in [-0.25, -0.2) is 14.8 Å². The van der Waals surface area contributed by atoms with E-state index in [1.165, 1.54) is 6.20 Å². The summed E-state index contributed by atoms with van der Waals surface area (Å²) in [6.07, 6.45) is 2.15. The minimum atomic E-state index is -1.01. The molecule has 17 heavy (non-hydrogen) atoms. The van der Waals surface area contributed by atoms with Crippen LogP contribution in [0.25, 0.3) is 0 Å². The molecule has 2 N–H and O–H groups in total. The van der Waals surface area contributed by atoms with Gasteiger partial charge in [-0.2, -0.15) is 0 Å². The van der Waals surface area contributed by atoms with E-state index in [2.05, 4.69) is 15.3 Å². The summed E-state index contributed by atoms with van der Waals surface area (Å²) in [5.41, 5.74) is 0.578. The third kappa shape index (κ3) is 3.99. The first-order valence-corrected chi connectivity index (χ1v) is 5.37. The zero-order chi connectivity index (χ0) is 12.8. The van der Waals surface area contributed by atoms with Crippen molar-refractivity contribution in [3.63, 3.8) is 0 Å². The first-order valence-electron chi connectivity index (χ1n) is 5.37. The van der Waals surface area contributed by atoms with Gasteiger partial charge in [-0.1, -0.05) is 0 Å². The summed E-state index contributed by atoms with van der Waals surface area (Å²) in [5, 5.41) is 11.9. The van der Waals surface area contributed by atoms with Gasteiger partial charge in [0.05, 0.1) is 11.3 Å². The summed E-state index contributed by atoms with van der Waals surface area (Å²) in [6, 6.07) is 0.171. The van der Waals surface area contributed by atoms with Crippen molar-refractivity contribution in [2.24, 2.45) is 0 Å². The number of carboxylic acids is 1. The predicted molar refractivity (Wildman–Crippen MR) is 63.3 cm³/mol. The quantitative estimate of drug-likeness (QED) is 0.778. The maximum absolute atomic E-state index is 10.8. The lowest BCUT2D eigenvalue weighted by atomic mass is 10.2. The summed E-state index contributed by atoms with van der Waals surface area (Å²) in [4.78, 5) is 18.8. The van der Waals surface area contributed by atoms with Gasteiger partial charge in [-0.05, 0) is 20.3 Å². The van der Waals surface area contributed by atoms with Crippen LogP contribution in [0.3, 0.4) is 0 Å². The zero-order valence-corrected chi connectivity index (χ0v) is 10.2. The Hall–Kier alpha value is -1.69. The molecule has 1 unspecified atom stereocenters. The second kappa shape index (κ2) is 6.15. The lowest BCUT2D eigenvalue weighted by molar-refractivity contribution is 0.0695. The van der Waals surface area contributed by atoms with Gasteiger partial charge in [0.2, 0.25) is 5.95 Å². The van der Waals surface area contributed by atoms with Crippen LogP contribution in [0.5, 0.6) is 0 Å². The molecule has 6 nitrogen and oxygen atoms in total. The van der Waals surface area contributed by atoms with Gasteiger partial charge in [-0.3, -0.25) is 0 Å². The highest BCUT2D eigenvalue weighted by Gasteiger charge is 2.10. The number of nitrogens with one attached hydrogen (secondary N) is 1. The highest BCUT2D eigenvalue weighted by Crippen LogP contribution is 2.08. The average molecular weight is 239 g/mol. The van der Waals surface area contributed by atoms with Gasteiger partial charge < -0.3 is 15.2 Å². The summed E-state index contributed by atoms with van der Waals surface area (Å²) in [6.45, 7) is 4.29. The van der Waals surface area contributed by atoms with Gasteiger partial charge in [0.1, 0.15) is 0 Å². The molecule has 0 saturated carbocycles. The normalized spacial score (nSPS) is 12.2. The Morgan fingerprint density at radius 1 is 1.65 bits per heavy atom. The summed E-state index contributed by atoms with van der Waals surface area (Å²) >= 11 is 0. The number of methoxy groups -OCH3 is 1. The van der Waals surface area contributed by atoms with Crippen LogP contribution in [0.15, 0.2) is 6.20 Å².